The van der Waals surface area contributed by atoms with Crippen LogP contribution in [0.3, 0.4) is 0 Å². The molecule has 4 aliphatic carbocycles. The van der Waals surface area contributed by atoms with Gasteiger partial charge in [-0.05, 0) is 61.7 Å². The Bertz CT molecular complexity index is 491. The average molecular weight is 288 g/mol. The quantitative estimate of drug-likeness (QED) is 0.926. The van der Waals surface area contributed by atoms with Crippen molar-refractivity contribution in [3.63, 3.8) is 0 Å². The Balaban J connectivity index is 1.68. The zero-order valence-electron chi connectivity index (χ0n) is 13.3. The van der Waals surface area contributed by atoms with E-state index >= 15 is 0 Å². The topological polar surface area (TPSA) is 56.7 Å². The van der Waals surface area contributed by atoms with Crippen LogP contribution in [0.1, 0.15) is 63.5 Å². The first-order valence-corrected chi connectivity index (χ1v) is 8.77. The van der Waals surface area contributed by atoms with Gasteiger partial charge in [0.15, 0.2) is 0 Å². The first-order valence-electron chi connectivity index (χ1n) is 8.77. The highest BCUT2D eigenvalue weighted by Crippen LogP contribution is 2.59. The second kappa shape index (κ2) is 5.08. The molecule has 4 bridgehead atoms. The van der Waals surface area contributed by atoms with Gasteiger partial charge in [-0.1, -0.05) is 13.8 Å². The molecule has 1 aromatic heterocycles. The molecule has 5 rings (SSSR count). The summed E-state index contributed by atoms with van der Waals surface area (Å²) in [6.07, 6.45) is 7.25. The molecule has 4 fully saturated rings. The van der Waals surface area contributed by atoms with E-state index < -0.39 is 0 Å². The minimum atomic E-state index is 0.507. The summed E-state index contributed by atoms with van der Waals surface area (Å²) >= 11 is 0. The van der Waals surface area contributed by atoms with E-state index in [0.29, 0.717) is 18.4 Å². The Hall–Kier alpha value is -0.900. The molecule has 2 N–H and O–H groups in total. The summed E-state index contributed by atoms with van der Waals surface area (Å²) in [6.45, 7) is 6.05. The van der Waals surface area contributed by atoms with Crippen LogP contribution in [0.4, 0.5) is 0 Å². The third-order valence-corrected chi connectivity index (χ3v) is 6.11. The van der Waals surface area contributed by atoms with Gasteiger partial charge < -0.3 is 10.3 Å². The molecule has 0 atom stereocenters. The summed E-state index contributed by atoms with van der Waals surface area (Å²) in [6, 6.07) is 0. The zero-order chi connectivity index (χ0) is 14.6. The Morgan fingerprint density at radius 2 is 1.67 bits per heavy atom. The molecule has 4 aliphatic rings. The normalized spacial score (nSPS) is 37.6. The maximum Gasteiger partial charge on any atom is 0.146 e. The highest BCUT2D eigenvalue weighted by Gasteiger charge is 2.50. The fourth-order valence-electron chi connectivity index (χ4n) is 5.66. The van der Waals surface area contributed by atoms with E-state index in [2.05, 4.69) is 28.6 Å². The number of nitrogens with two attached hydrogens (primary N) is 1. The van der Waals surface area contributed by atoms with Crippen LogP contribution in [0.25, 0.3) is 0 Å². The van der Waals surface area contributed by atoms with Crippen molar-refractivity contribution in [3.8, 4) is 0 Å². The maximum atomic E-state index is 5.89. The van der Waals surface area contributed by atoms with Gasteiger partial charge in [0.05, 0.1) is 6.54 Å². The lowest BCUT2D eigenvalue weighted by molar-refractivity contribution is -0.00708. The fraction of sp³-hybridized carbons (Fsp3) is 0.882. The Kier molecular flexibility index (Phi) is 3.32. The number of hydrogen-bond acceptors (Lipinski definition) is 3. The molecular weight excluding hydrogens is 260 g/mol. The first kappa shape index (κ1) is 13.7. The van der Waals surface area contributed by atoms with Crippen LogP contribution in [0.2, 0.25) is 0 Å². The van der Waals surface area contributed by atoms with Crippen molar-refractivity contribution in [2.75, 3.05) is 0 Å². The van der Waals surface area contributed by atoms with Crippen molar-refractivity contribution in [3.05, 3.63) is 11.6 Å². The first-order chi connectivity index (χ1) is 10.2. The molecule has 0 unspecified atom stereocenters. The lowest BCUT2D eigenvalue weighted by atomic mass is 9.51. The van der Waals surface area contributed by atoms with Gasteiger partial charge in [-0.25, -0.2) is 0 Å². The van der Waals surface area contributed by atoms with Crippen molar-refractivity contribution < 1.29 is 0 Å². The van der Waals surface area contributed by atoms with E-state index in [1.54, 1.807) is 0 Å². The molecular formula is C17H28N4. The van der Waals surface area contributed by atoms with Crippen LogP contribution in [0.15, 0.2) is 0 Å². The summed E-state index contributed by atoms with van der Waals surface area (Å²) in [5, 5.41) is 9.03. The van der Waals surface area contributed by atoms with Crippen molar-refractivity contribution in [1.29, 1.82) is 0 Å². The molecule has 4 heteroatoms. The molecule has 0 amide bonds. The molecule has 0 aliphatic heterocycles. The highest BCUT2D eigenvalue weighted by atomic mass is 15.3. The Labute approximate surface area is 127 Å². The molecule has 4 nitrogen and oxygen atoms in total. The Morgan fingerprint density at radius 3 is 2.19 bits per heavy atom. The monoisotopic (exact) mass is 288 g/mol. The van der Waals surface area contributed by atoms with E-state index in [1.807, 2.05) is 0 Å². The summed E-state index contributed by atoms with van der Waals surface area (Å²) in [5.74, 6) is 7.26. The van der Waals surface area contributed by atoms with Crippen molar-refractivity contribution in [1.82, 2.24) is 14.8 Å². The fourth-order valence-corrected chi connectivity index (χ4v) is 5.66. The van der Waals surface area contributed by atoms with Crippen LogP contribution in [0.5, 0.6) is 0 Å². The Morgan fingerprint density at radius 1 is 1.05 bits per heavy atom. The number of rotatable bonds is 4. The molecule has 0 aromatic carbocycles. The van der Waals surface area contributed by atoms with Crippen LogP contribution in [-0.2, 0) is 13.1 Å². The van der Waals surface area contributed by atoms with Gasteiger partial charge in [-0.3, -0.25) is 0 Å². The van der Waals surface area contributed by atoms with Crippen molar-refractivity contribution >= 4 is 0 Å². The predicted octanol–water partition coefficient (Wildman–Crippen LogP) is 2.93. The van der Waals surface area contributed by atoms with Crippen molar-refractivity contribution in [2.45, 2.75) is 65.0 Å². The average Bonchev–Trinajstić information content (AvgIpc) is 2.80. The third kappa shape index (κ3) is 2.23. The second-order valence-electron chi connectivity index (χ2n) is 8.14. The summed E-state index contributed by atoms with van der Waals surface area (Å²) in [7, 11) is 0. The van der Waals surface area contributed by atoms with E-state index in [0.717, 1.165) is 36.0 Å². The molecule has 4 saturated carbocycles. The molecule has 0 saturated heterocycles. The van der Waals surface area contributed by atoms with E-state index in [9.17, 15) is 0 Å². The summed E-state index contributed by atoms with van der Waals surface area (Å²) < 4.78 is 2.36. The van der Waals surface area contributed by atoms with Crippen LogP contribution in [-0.4, -0.2) is 14.8 Å². The molecule has 0 spiro atoms. The zero-order valence-corrected chi connectivity index (χ0v) is 13.3. The highest BCUT2D eigenvalue weighted by molar-refractivity contribution is 5.13. The minimum Gasteiger partial charge on any atom is -0.324 e. The van der Waals surface area contributed by atoms with Crippen LogP contribution < -0.4 is 5.73 Å². The predicted molar refractivity (Wildman–Crippen MR) is 82.5 cm³/mol. The molecule has 21 heavy (non-hydrogen) atoms. The number of hydrogen-bond donors (Lipinski definition) is 1. The van der Waals surface area contributed by atoms with E-state index in [-0.39, 0.29) is 0 Å². The van der Waals surface area contributed by atoms with Gasteiger partial charge in [0.2, 0.25) is 0 Å². The largest absolute Gasteiger partial charge is 0.324 e. The van der Waals surface area contributed by atoms with Gasteiger partial charge >= 0.3 is 0 Å². The molecule has 1 aromatic rings. The standard InChI is InChI=1S/C17H28N4/c1-10(2)9-21-15(8-18)19-20-17(21)16-13-4-11-3-12(6-13)7-14(16)5-11/h10-14,16H,3-9,18H2,1-2H3. The number of aromatic nitrogens is 3. The molecule has 116 valence electrons. The molecule has 1 heterocycles. The summed E-state index contributed by atoms with van der Waals surface area (Å²) in [5.41, 5.74) is 5.89. The van der Waals surface area contributed by atoms with Crippen LogP contribution >= 0.6 is 0 Å². The van der Waals surface area contributed by atoms with Gasteiger partial charge in [-0.2, -0.15) is 0 Å². The third-order valence-electron chi connectivity index (χ3n) is 6.11. The lowest BCUT2D eigenvalue weighted by Crippen LogP contribution is -2.44. The smallest absolute Gasteiger partial charge is 0.146 e. The number of nitrogens with zero attached hydrogens (tertiary/aromatic N) is 3. The summed E-state index contributed by atoms with van der Waals surface area (Å²) in [4.78, 5) is 0. The SMILES string of the molecule is CC(C)Cn1c(CN)nnc1C1C2CC3CC(C2)CC1C3. The maximum absolute atomic E-state index is 5.89. The minimum absolute atomic E-state index is 0.507. The lowest BCUT2D eigenvalue weighted by Gasteiger charge is -2.54. The van der Waals surface area contributed by atoms with Crippen LogP contribution in [0, 0.1) is 29.6 Å². The van der Waals surface area contributed by atoms with E-state index in [1.165, 1.54) is 37.9 Å². The second-order valence-corrected chi connectivity index (χ2v) is 8.14. The van der Waals surface area contributed by atoms with Gasteiger partial charge in [-0.15, -0.1) is 10.2 Å². The van der Waals surface area contributed by atoms with Crippen molar-refractivity contribution in [2.24, 2.45) is 35.3 Å². The van der Waals surface area contributed by atoms with Gasteiger partial charge in [0.25, 0.3) is 0 Å². The van der Waals surface area contributed by atoms with E-state index in [4.69, 9.17) is 5.73 Å². The molecule has 0 radical (unpaired) electrons. The van der Waals surface area contributed by atoms with Gasteiger partial charge in [0, 0.05) is 12.5 Å². The van der Waals surface area contributed by atoms with Gasteiger partial charge in [0.1, 0.15) is 11.6 Å².